The lowest BCUT2D eigenvalue weighted by Gasteiger charge is -2.34. The molecule has 0 unspecified atom stereocenters. The summed E-state index contributed by atoms with van der Waals surface area (Å²) in [5.74, 6) is 3.20. The number of methoxy groups -OCH3 is 1. The molecule has 4 rings (SSSR count). The smallest absolute Gasteiger partial charge is 0.227 e. The third-order valence-corrected chi connectivity index (χ3v) is 4.89. The number of para-hydroxylation sites is 1. The molecule has 1 fully saturated rings. The van der Waals surface area contributed by atoms with Crippen LogP contribution in [0, 0.1) is 6.92 Å². The van der Waals surface area contributed by atoms with Gasteiger partial charge in [0.05, 0.1) is 7.11 Å². The maximum Gasteiger partial charge on any atom is 0.227 e. The van der Waals surface area contributed by atoms with Crippen LogP contribution in [0.2, 0.25) is 0 Å². The number of aryl methyl sites for hydroxylation is 1. The van der Waals surface area contributed by atoms with Gasteiger partial charge in [-0.2, -0.15) is 4.98 Å². The lowest BCUT2D eigenvalue weighted by Crippen LogP contribution is -2.47. The van der Waals surface area contributed by atoms with E-state index in [0.29, 0.717) is 6.54 Å². The minimum atomic E-state index is 0.638. The van der Waals surface area contributed by atoms with Gasteiger partial charge in [-0.25, -0.2) is 15.0 Å². The van der Waals surface area contributed by atoms with Gasteiger partial charge >= 0.3 is 0 Å². The molecule has 8 heteroatoms. The van der Waals surface area contributed by atoms with Gasteiger partial charge in [-0.1, -0.05) is 18.2 Å². The molecule has 1 aliphatic heterocycles. The predicted molar refractivity (Wildman–Crippen MR) is 114 cm³/mol. The highest BCUT2D eigenvalue weighted by Crippen LogP contribution is 2.21. The van der Waals surface area contributed by atoms with Crippen LogP contribution < -0.4 is 19.9 Å². The third-order valence-electron chi connectivity index (χ3n) is 4.89. The summed E-state index contributed by atoms with van der Waals surface area (Å²) in [6, 6.07) is 11.8. The molecule has 150 valence electrons. The molecular formula is C21H25N7O. The van der Waals surface area contributed by atoms with Gasteiger partial charge < -0.3 is 19.9 Å². The second-order valence-electron chi connectivity index (χ2n) is 6.88. The molecule has 8 nitrogen and oxygen atoms in total. The number of rotatable bonds is 6. The number of piperazine rings is 1. The average molecular weight is 391 g/mol. The van der Waals surface area contributed by atoms with Crippen molar-refractivity contribution in [3.8, 4) is 5.75 Å². The number of benzene rings is 1. The van der Waals surface area contributed by atoms with Gasteiger partial charge in [-0.05, 0) is 19.1 Å². The normalized spacial score (nSPS) is 14.0. The first-order chi connectivity index (χ1) is 14.2. The fraction of sp³-hybridized carbons (Fsp3) is 0.333. The molecule has 2 aromatic heterocycles. The van der Waals surface area contributed by atoms with Crippen molar-refractivity contribution < 1.29 is 4.74 Å². The zero-order chi connectivity index (χ0) is 20.1. The standard InChI is InChI=1S/C21H25N7O/c1-16-14-19(24-15-17-6-3-4-7-18(17)29-2)26-21(25-16)28-12-10-27(11-13-28)20-22-8-5-9-23-20/h3-9,14H,10-13,15H2,1-2H3,(H,24,25,26). The molecule has 3 aromatic rings. The lowest BCUT2D eigenvalue weighted by atomic mass is 10.2. The topological polar surface area (TPSA) is 79.3 Å². The molecule has 3 heterocycles. The van der Waals surface area contributed by atoms with E-state index in [1.807, 2.05) is 43.3 Å². The second kappa shape index (κ2) is 8.72. The van der Waals surface area contributed by atoms with Crippen LogP contribution in [-0.2, 0) is 6.54 Å². The van der Waals surface area contributed by atoms with Crippen LogP contribution in [0.15, 0.2) is 48.8 Å². The van der Waals surface area contributed by atoms with Gasteiger partial charge in [0.2, 0.25) is 11.9 Å². The molecule has 0 saturated carbocycles. The van der Waals surface area contributed by atoms with Gasteiger partial charge in [0, 0.05) is 62.4 Å². The molecule has 0 atom stereocenters. The Bertz CT molecular complexity index is 943. The Morgan fingerprint density at radius 2 is 1.62 bits per heavy atom. The first-order valence-electron chi connectivity index (χ1n) is 9.71. The summed E-state index contributed by atoms with van der Waals surface area (Å²) in [6.07, 6.45) is 3.55. The van der Waals surface area contributed by atoms with Crippen molar-refractivity contribution in [1.82, 2.24) is 19.9 Å². The van der Waals surface area contributed by atoms with E-state index in [1.165, 1.54) is 0 Å². The first kappa shape index (κ1) is 18.9. The molecule has 29 heavy (non-hydrogen) atoms. The molecule has 1 saturated heterocycles. The van der Waals surface area contributed by atoms with Crippen LogP contribution in [-0.4, -0.2) is 53.2 Å². The zero-order valence-electron chi connectivity index (χ0n) is 16.7. The van der Waals surface area contributed by atoms with E-state index in [2.05, 4.69) is 30.1 Å². The Kier molecular flexibility index (Phi) is 5.69. The van der Waals surface area contributed by atoms with E-state index in [1.54, 1.807) is 19.5 Å². The number of nitrogens with zero attached hydrogens (tertiary/aromatic N) is 6. The van der Waals surface area contributed by atoms with Crippen LogP contribution in [0.25, 0.3) is 0 Å². The van der Waals surface area contributed by atoms with Crippen LogP contribution >= 0.6 is 0 Å². The fourth-order valence-electron chi connectivity index (χ4n) is 3.38. The van der Waals surface area contributed by atoms with E-state index >= 15 is 0 Å². The molecule has 1 N–H and O–H groups in total. The van der Waals surface area contributed by atoms with E-state index in [-0.39, 0.29) is 0 Å². The van der Waals surface area contributed by atoms with Gasteiger partial charge in [0.1, 0.15) is 11.6 Å². The number of ether oxygens (including phenoxy) is 1. The van der Waals surface area contributed by atoms with Gasteiger partial charge in [0.25, 0.3) is 0 Å². The average Bonchev–Trinajstić information content (AvgIpc) is 2.78. The molecule has 0 amide bonds. The van der Waals surface area contributed by atoms with Crippen LogP contribution in [0.3, 0.4) is 0 Å². The van der Waals surface area contributed by atoms with Crippen LogP contribution in [0.1, 0.15) is 11.3 Å². The fourth-order valence-corrected chi connectivity index (χ4v) is 3.38. The molecule has 0 spiro atoms. The Morgan fingerprint density at radius 1 is 0.931 bits per heavy atom. The molecule has 1 aliphatic rings. The lowest BCUT2D eigenvalue weighted by molar-refractivity contribution is 0.410. The Morgan fingerprint density at radius 3 is 2.34 bits per heavy atom. The monoisotopic (exact) mass is 391 g/mol. The van der Waals surface area contributed by atoms with Crippen molar-refractivity contribution in [1.29, 1.82) is 0 Å². The van der Waals surface area contributed by atoms with E-state index in [4.69, 9.17) is 9.72 Å². The second-order valence-corrected chi connectivity index (χ2v) is 6.88. The van der Waals surface area contributed by atoms with E-state index in [9.17, 15) is 0 Å². The summed E-state index contributed by atoms with van der Waals surface area (Å²) >= 11 is 0. The van der Waals surface area contributed by atoms with Crippen LogP contribution in [0.5, 0.6) is 5.75 Å². The molecule has 0 radical (unpaired) electrons. The number of hydrogen-bond donors (Lipinski definition) is 1. The molecule has 0 bridgehead atoms. The quantitative estimate of drug-likeness (QED) is 0.687. The van der Waals surface area contributed by atoms with Crippen molar-refractivity contribution in [2.45, 2.75) is 13.5 Å². The maximum atomic E-state index is 5.43. The summed E-state index contributed by atoms with van der Waals surface area (Å²) in [5.41, 5.74) is 2.02. The first-order valence-corrected chi connectivity index (χ1v) is 9.71. The van der Waals surface area contributed by atoms with Crippen molar-refractivity contribution in [3.63, 3.8) is 0 Å². The summed E-state index contributed by atoms with van der Waals surface area (Å²) in [4.78, 5) is 22.5. The van der Waals surface area contributed by atoms with Gasteiger partial charge in [-0.3, -0.25) is 0 Å². The van der Waals surface area contributed by atoms with Crippen molar-refractivity contribution in [2.24, 2.45) is 0 Å². The Balaban J connectivity index is 1.42. The highest BCUT2D eigenvalue weighted by Gasteiger charge is 2.21. The SMILES string of the molecule is COc1ccccc1CNc1cc(C)nc(N2CCN(c3ncccn3)CC2)n1. The van der Waals surface area contributed by atoms with Gasteiger partial charge in [0.15, 0.2) is 0 Å². The van der Waals surface area contributed by atoms with Crippen molar-refractivity contribution in [2.75, 3.05) is 48.4 Å². The van der Waals surface area contributed by atoms with Crippen molar-refractivity contribution in [3.05, 3.63) is 60.0 Å². The zero-order valence-corrected chi connectivity index (χ0v) is 16.7. The minimum absolute atomic E-state index is 0.638. The Labute approximate surface area is 170 Å². The summed E-state index contributed by atoms with van der Waals surface area (Å²) in [6.45, 7) is 5.96. The highest BCUT2D eigenvalue weighted by molar-refractivity contribution is 5.46. The minimum Gasteiger partial charge on any atom is -0.496 e. The largest absolute Gasteiger partial charge is 0.496 e. The van der Waals surface area contributed by atoms with E-state index in [0.717, 1.165) is 60.9 Å². The van der Waals surface area contributed by atoms with Crippen molar-refractivity contribution >= 4 is 17.7 Å². The van der Waals surface area contributed by atoms with Gasteiger partial charge in [-0.15, -0.1) is 0 Å². The number of anilines is 3. The maximum absolute atomic E-state index is 5.43. The molecular weight excluding hydrogens is 366 g/mol. The highest BCUT2D eigenvalue weighted by atomic mass is 16.5. The summed E-state index contributed by atoms with van der Waals surface area (Å²) in [5, 5.41) is 3.40. The predicted octanol–water partition coefficient (Wildman–Crippen LogP) is 2.52. The molecule has 0 aliphatic carbocycles. The number of aromatic nitrogens is 4. The summed E-state index contributed by atoms with van der Waals surface area (Å²) in [7, 11) is 1.69. The number of hydrogen-bond acceptors (Lipinski definition) is 8. The summed E-state index contributed by atoms with van der Waals surface area (Å²) < 4.78 is 5.43. The number of nitrogens with one attached hydrogen (secondary N) is 1. The third kappa shape index (κ3) is 4.53. The molecule has 1 aromatic carbocycles. The van der Waals surface area contributed by atoms with E-state index < -0.39 is 0 Å². The Hall–Kier alpha value is -3.42. The van der Waals surface area contributed by atoms with Crippen LogP contribution in [0.4, 0.5) is 17.7 Å².